The maximum atomic E-state index is 13.2. The lowest BCUT2D eigenvalue weighted by Gasteiger charge is -2.25. The first kappa shape index (κ1) is 22.5. The number of hydrogen-bond acceptors (Lipinski definition) is 7. The average Bonchev–Trinajstić information content (AvgIpc) is 3.30. The molecule has 4 rings (SSSR count). The van der Waals surface area contributed by atoms with E-state index < -0.39 is 11.5 Å². The van der Waals surface area contributed by atoms with Gasteiger partial charge in [-0.15, -0.1) is 0 Å². The summed E-state index contributed by atoms with van der Waals surface area (Å²) >= 11 is 0. The molecular formula is C25H27NO7. The van der Waals surface area contributed by atoms with Crippen LogP contribution in [0, 0.1) is 0 Å². The van der Waals surface area contributed by atoms with Crippen LogP contribution in [0.2, 0.25) is 0 Å². The van der Waals surface area contributed by atoms with Gasteiger partial charge in [0.2, 0.25) is 12.7 Å². The highest BCUT2D eigenvalue weighted by Gasteiger charge is 2.30. The van der Waals surface area contributed by atoms with Gasteiger partial charge in [-0.1, -0.05) is 6.07 Å². The van der Waals surface area contributed by atoms with Crippen LogP contribution in [0.5, 0.6) is 23.0 Å². The second kappa shape index (κ2) is 9.44. The first-order chi connectivity index (χ1) is 16.0. The molecule has 0 radical (unpaired) electrons. The van der Waals surface area contributed by atoms with Crippen molar-refractivity contribution in [2.75, 3.05) is 34.1 Å². The highest BCUT2D eigenvalue weighted by Crippen LogP contribution is 2.45. The number of rotatable bonds is 8. The molecule has 1 aromatic heterocycles. The number of ether oxygens (including phenoxy) is 4. The summed E-state index contributed by atoms with van der Waals surface area (Å²) in [5.41, 5.74) is 1.24. The summed E-state index contributed by atoms with van der Waals surface area (Å²) in [6.07, 6.45) is 0.151. The van der Waals surface area contributed by atoms with E-state index in [2.05, 4.69) is 0 Å². The van der Waals surface area contributed by atoms with Gasteiger partial charge in [0, 0.05) is 43.1 Å². The Morgan fingerprint density at radius 3 is 2.42 bits per heavy atom. The first-order valence-electron chi connectivity index (χ1n) is 10.9. The van der Waals surface area contributed by atoms with Gasteiger partial charge in [-0.25, -0.2) is 4.79 Å². The van der Waals surface area contributed by atoms with E-state index in [1.54, 1.807) is 17.0 Å². The van der Waals surface area contributed by atoms with Crippen molar-refractivity contribution >= 4 is 16.9 Å². The fraction of sp³-hybridized carbons (Fsp3) is 0.360. The molecule has 3 aromatic rings. The summed E-state index contributed by atoms with van der Waals surface area (Å²) in [5.74, 6) is 1.72. The Bertz CT molecular complexity index is 1230. The van der Waals surface area contributed by atoms with Gasteiger partial charge in [-0.3, -0.25) is 4.79 Å². The van der Waals surface area contributed by atoms with E-state index in [0.717, 1.165) is 5.56 Å². The van der Waals surface area contributed by atoms with E-state index in [0.29, 0.717) is 52.6 Å². The molecule has 33 heavy (non-hydrogen) atoms. The predicted molar refractivity (Wildman–Crippen MR) is 123 cm³/mol. The molecule has 1 aliphatic heterocycles. The van der Waals surface area contributed by atoms with Gasteiger partial charge in [0.05, 0.1) is 19.6 Å². The number of carbonyl (C=O) groups excluding carboxylic acids is 1. The van der Waals surface area contributed by atoms with Crippen LogP contribution in [-0.2, 0) is 4.79 Å². The summed E-state index contributed by atoms with van der Waals surface area (Å²) in [4.78, 5) is 27.2. The smallest absolute Gasteiger partial charge is 0.336 e. The molecule has 0 saturated heterocycles. The van der Waals surface area contributed by atoms with Gasteiger partial charge in [-0.05, 0) is 37.6 Å². The molecule has 0 fully saturated rings. The zero-order chi connectivity index (χ0) is 23.5. The fourth-order valence-corrected chi connectivity index (χ4v) is 4.26. The average molecular weight is 453 g/mol. The molecule has 8 nitrogen and oxygen atoms in total. The second-order valence-electron chi connectivity index (χ2n) is 7.63. The topological polar surface area (TPSA) is 87.4 Å². The molecule has 2 aromatic carbocycles. The van der Waals surface area contributed by atoms with Crippen LogP contribution < -0.4 is 24.6 Å². The standard InChI is InChI=1S/C25H27NO7/c1-5-26(6-2)22(27)12-17(15-7-9-18-20(11-15)32-14-31-18)24-21(30-4)13-19(29-3)16-8-10-23(28)33-25(16)24/h7-11,13,17H,5-6,12,14H2,1-4H3/t17-/m1/s1. The van der Waals surface area contributed by atoms with Crippen molar-refractivity contribution in [2.45, 2.75) is 26.2 Å². The molecule has 1 amide bonds. The van der Waals surface area contributed by atoms with Crippen molar-refractivity contribution < 1.29 is 28.2 Å². The van der Waals surface area contributed by atoms with E-state index in [1.807, 2.05) is 32.0 Å². The Kier molecular flexibility index (Phi) is 6.44. The number of fused-ring (bicyclic) bond motifs is 2. The van der Waals surface area contributed by atoms with Gasteiger partial charge in [-0.2, -0.15) is 0 Å². The Hall–Kier alpha value is -3.68. The molecule has 0 N–H and O–H groups in total. The van der Waals surface area contributed by atoms with Crippen molar-refractivity contribution in [2.24, 2.45) is 0 Å². The Morgan fingerprint density at radius 1 is 1.00 bits per heavy atom. The Morgan fingerprint density at radius 2 is 1.73 bits per heavy atom. The first-order valence-corrected chi connectivity index (χ1v) is 10.9. The van der Waals surface area contributed by atoms with E-state index in [1.165, 1.54) is 20.3 Å². The number of amides is 1. The van der Waals surface area contributed by atoms with Crippen molar-refractivity contribution in [1.29, 1.82) is 0 Å². The molecule has 8 heteroatoms. The minimum atomic E-state index is -0.501. The van der Waals surface area contributed by atoms with Crippen LogP contribution >= 0.6 is 0 Å². The van der Waals surface area contributed by atoms with Gasteiger partial charge < -0.3 is 28.3 Å². The van der Waals surface area contributed by atoms with Crippen molar-refractivity contribution in [3.8, 4) is 23.0 Å². The van der Waals surface area contributed by atoms with Crippen LogP contribution in [-0.4, -0.2) is 44.9 Å². The summed E-state index contributed by atoms with van der Waals surface area (Å²) in [6, 6.07) is 10.3. The molecule has 1 aliphatic rings. The number of benzene rings is 2. The molecule has 2 heterocycles. The van der Waals surface area contributed by atoms with E-state index in [9.17, 15) is 9.59 Å². The summed E-state index contributed by atoms with van der Waals surface area (Å²) < 4.78 is 27.9. The highest BCUT2D eigenvalue weighted by atomic mass is 16.7. The maximum absolute atomic E-state index is 13.2. The quantitative estimate of drug-likeness (QED) is 0.478. The molecule has 0 saturated carbocycles. The predicted octanol–water partition coefficient (Wildman–Crippen LogP) is 3.93. The zero-order valence-corrected chi connectivity index (χ0v) is 19.2. The number of nitrogens with zero attached hydrogens (tertiary/aromatic N) is 1. The van der Waals surface area contributed by atoms with Crippen LogP contribution in [0.15, 0.2) is 45.6 Å². The normalized spacial score (nSPS) is 13.1. The maximum Gasteiger partial charge on any atom is 0.336 e. The molecule has 0 aliphatic carbocycles. The SMILES string of the molecule is CCN(CC)C(=O)C[C@H](c1ccc2c(c1)OCO2)c1c(OC)cc(OC)c2ccc(=O)oc12. The molecular weight excluding hydrogens is 426 g/mol. The minimum absolute atomic E-state index is 0.0213. The number of hydrogen-bond donors (Lipinski definition) is 0. The lowest BCUT2D eigenvalue weighted by molar-refractivity contribution is -0.131. The molecule has 0 spiro atoms. The van der Waals surface area contributed by atoms with E-state index in [-0.39, 0.29) is 19.1 Å². The van der Waals surface area contributed by atoms with Gasteiger partial charge in [0.25, 0.3) is 0 Å². The van der Waals surface area contributed by atoms with Gasteiger partial charge in [0.1, 0.15) is 17.1 Å². The van der Waals surface area contributed by atoms with Crippen molar-refractivity contribution in [1.82, 2.24) is 4.90 Å². The lowest BCUT2D eigenvalue weighted by atomic mass is 9.85. The van der Waals surface area contributed by atoms with Crippen molar-refractivity contribution in [3.05, 3.63) is 57.9 Å². The van der Waals surface area contributed by atoms with E-state index >= 15 is 0 Å². The van der Waals surface area contributed by atoms with Crippen molar-refractivity contribution in [3.63, 3.8) is 0 Å². The van der Waals surface area contributed by atoms with Crippen LogP contribution in [0.3, 0.4) is 0 Å². The molecule has 1 atom stereocenters. The third-order valence-electron chi connectivity index (χ3n) is 5.95. The fourth-order valence-electron chi connectivity index (χ4n) is 4.26. The van der Waals surface area contributed by atoms with Crippen LogP contribution in [0.1, 0.15) is 37.3 Å². The van der Waals surface area contributed by atoms with Gasteiger partial charge in [0.15, 0.2) is 11.5 Å². The summed E-state index contributed by atoms with van der Waals surface area (Å²) in [6.45, 7) is 5.22. The number of methoxy groups -OCH3 is 2. The zero-order valence-electron chi connectivity index (χ0n) is 19.2. The van der Waals surface area contributed by atoms with E-state index in [4.69, 9.17) is 23.4 Å². The summed E-state index contributed by atoms with van der Waals surface area (Å²) in [7, 11) is 3.08. The van der Waals surface area contributed by atoms with Gasteiger partial charge >= 0.3 is 5.63 Å². The molecule has 174 valence electrons. The minimum Gasteiger partial charge on any atom is -0.496 e. The summed E-state index contributed by atoms with van der Waals surface area (Å²) in [5, 5.41) is 0.619. The van der Waals surface area contributed by atoms with Crippen LogP contribution in [0.4, 0.5) is 0 Å². The monoisotopic (exact) mass is 453 g/mol. The highest BCUT2D eigenvalue weighted by molar-refractivity contribution is 5.90. The third-order valence-corrected chi connectivity index (χ3v) is 5.95. The molecule has 0 unspecified atom stereocenters. The third kappa shape index (κ3) is 4.20. The molecule has 0 bridgehead atoms. The lowest BCUT2D eigenvalue weighted by Crippen LogP contribution is -2.31. The number of carbonyl (C=O) groups is 1. The Balaban J connectivity index is 1.96. The van der Waals surface area contributed by atoms with Crippen LogP contribution in [0.25, 0.3) is 11.0 Å². The second-order valence-corrected chi connectivity index (χ2v) is 7.63. The largest absolute Gasteiger partial charge is 0.496 e. The Labute approximate surface area is 191 Å².